The monoisotopic (exact) mass is 333 g/mol. The molecule has 102 valence electrons. The van der Waals surface area contributed by atoms with Crippen LogP contribution < -0.4 is 4.74 Å². The number of aliphatic hydroxyl groups excluding tert-OH is 1. The Bertz CT molecular complexity index is 396. The zero-order valence-corrected chi connectivity index (χ0v) is 13.3. The van der Waals surface area contributed by atoms with E-state index in [4.69, 9.17) is 4.74 Å². The van der Waals surface area contributed by atoms with E-state index in [1.165, 1.54) is 4.88 Å². The van der Waals surface area contributed by atoms with Gasteiger partial charge in [0.1, 0.15) is 0 Å². The number of aliphatic hydroxyl groups is 1. The Morgan fingerprint density at radius 1 is 1.56 bits per heavy atom. The number of ether oxygens (including phenoxy) is 1. The molecule has 0 radical (unpaired) electrons. The molecule has 1 saturated carbocycles. The van der Waals surface area contributed by atoms with Crippen LogP contribution in [0.1, 0.15) is 24.1 Å². The third-order valence-electron chi connectivity index (χ3n) is 3.48. The maximum atomic E-state index is 9.84. The summed E-state index contributed by atoms with van der Waals surface area (Å²) in [7, 11) is 3.81. The van der Waals surface area contributed by atoms with Gasteiger partial charge in [-0.05, 0) is 47.8 Å². The van der Waals surface area contributed by atoms with Crippen LogP contribution in [0.15, 0.2) is 10.5 Å². The Kier molecular flexibility index (Phi) is 5.06. The van der Waals surface area contributed by atoms with Gasteiger partial charge in [0.2, 0.25) is 0 Å². The minimum Gasteiger partial charge on any atom is -0.486 e. The largest absolute Gasteiger partial charge is 0.486 e. The minimum atomic E-state index is -0.0999. The summed E-state index contributed by atoms with van der Waals surface area (Å²) >= 11 is 5.17. The maximum absolute atomic E-state index is 9.84. The van der Waals surface area contributed by atoms with Gasteiger partial charge in [-0.25, -0.2) is 0 Å². The second-order valence-electron chi connectivity index (χ2n) is 5.01. The van der Waals surface area contributed by atoms with E-state index in [0.717, 1.165) is 41.9 Å². The van der Waals surface area contributed by atoms with Gasteiger partial charge in [0, 0.05) is 18.0 Å². The molecule has 3 nitrogen and oxygen atoms in total. The van der Waals surface area contributed by atoms with E-state index in [2.05, 4.69) is 33.9 Å². The van der Waals surface area contributed by atoms with Crippen molar-refractivity contribution in [2.45, 2.75) is 31.9 Å². The molecular formula is C13H20BrNO2S. The lowest BCUT2D eigenvalue weighted by atomic mass is 10.1. The molecule has 0 aromatic carbocycles. The summed E-state index contributed by atoms with van der Waals surface area (Å²) in [6.45, 7) is 1.88. The zero-order chi connectivity index (χ0) is 13.1. The first-order chi connectivity index (χ1) is 8.60. The molecule has 1 aliphatic rings. The quantitative estimate of drug-likeness (QED) is 0.898. The molecule has 0 amide bonds. The molecule has 2 unspecified atom stereocenters. The molecule has 2 rings (SSSR count). The fourth-order valence-corrected chi connectivity index (χ4v) is 4.35. The van der Waals surface area contributed by atoms with Crippen molar-refractivity contribution >= 4 is 27.3 Å². The van der Waals surface area contributed by atoms with Crippen LogP contribution in [0.3, 0.4) is 0 Å². The molecule has 0 saturated heterocycles. The Morgan fingerprint density at radius 2 is 2.33 bits per heavy atom. The highest BCUT2D eigenvalue weighted by atomic mass is 79.9. The highest BCUT2D eigenvalue weighted by Crippen LogP contribution is 2.35. The molecule has 1 fully saturated rings. The summed E-state index contributed by atoms with van der Waals surface area (Å²) in [5.41, 5.74) is 0. The van der Waals surface area contributed by atoms with Crippen LogP contribution in [0, 0.1) is 5.92 Å². The van der Waals surface area contributed by atoms with E-state index in [1.54, 1.807) is 18.4 Å². The van der Waals surface area contributed by atoms with Crippen molar-refractivity contribution in [3.63, 3.8) is 0 Å². The van der Waals surface area contributed by atoms with Crippen LogP contribution in [-0.4, -0.2) is 36.8 Å². The van der Waals surface area contributed by atoms with Crippen molar-refractivity contribution < 1.29 is 9.84 Å². The summed E-state index contributed by atoms with van der Waals surface area (Å²) in [6.07, 6.45) is 3.19. The van der Waals surface area contributed by atoms with Crippen molar-refractivity contribution in [1.82, 2.24) is 4.90 Å². The van der Waals surface area contributed by atoms with Crippen LogP contribution in [0.5, 0.6) is 5.06 Å². The van der Waals surface area contributed by atoms with Crippen LogP contribution in [0.25, 0.3) is 0 Å². The zero-order valence-electron chi connectivity index (χ0n) is 10.9. The average molecular weight is 334 g/mol. The first-order valence-electron chi connectivity index (χ1n) is 6.29. The summed E-state index contributed by atoms with van der Waals surface area (Å²) in [5, 5.41) is 10.8. The van der Waals surface area contributed by atoms with Crippen molar-refractivity contribution in [3.05, 3.63) is 15.4 Å². The minimum absolute atomic E-state index is 0.0999. The normalized spacial score (nSPS) is 23.8. The fraction of sp³-hybridized carbons (Fsp3) is 0.692. The first-order valence-corrected chi connectivity index (χ1v) is 7.90. The molecule has 0 bridgehead atoms. The number of hydrogen-bond donors (Lipinski definition) is 1. The first kappa shape index (κ1) is 14.3. The lowest BCUT2D eigenvalue weighted by molar-refractivity contribution is 0.108. The highest BCUT2D eigenvalue weighted by Gasteiger charge is 2.26. The van der Waals surface area contributed by atoms with Crippen molar-refractivity contribution in [1.29, 1.82) is 0 Å². The number of methoxy groups -OCH3 is 1. The molecule has 1 aromatic heterocycles. The average Bonchev–Trinajstić information content (AvgIpc) is 2.86. The number of halogens is 1. The second kappa shape index (κ2) is 6.37. The molecule has 1 aliphatic carbocycles. The summed E-state index contributed by atoms with van der Waals surface area (Å²) in [5.74, 6) is 0.445. The Labute approximate surface area is 121 Å². The van der Waals surface area contributed by atoms with Gasteiger partial charge in [0.05, 0.1) is 17.7 Å². The van der Waals surface area contributed by atoms with E-state index in [-0.39, 0.29) is 6.10 Å². The summed E-state index contributed by atoms with van der Waals surface area (Å²) in [6, 6.07) is 2.12. The molecule has 1 N–H and O–H groups in total. The topological polar surface area (TPSA) is 32.7 Å². The van der Waals surface area contributed by atoms with Crippen LogP contribution in [-0.2, 0) is 6.54 Å². The van der Waals surface area contributed by atoms with E-state index < -0.39 is 0 Å². The Hall–Kier alpha value is -0.100. The van der Waals surface area contributed by atoms with E-state index in [1.807, 2.05) is 0 Å². The second-order valence-corrected chi connectivity index (χ2v) is 6.96. The lowest BCUT2D eigenvalue weighted by Crippen LogP contribution is -2.29. The van der Waals surface area contributed by atoms with Gasteiger partial charge in [-0.2, -0.15) is 0 Å². The van der Waals surface area contributed by atoms with Gasteiger partial charge in [0.25, 0.3) is 0 Å². The summed E-state index contributed by atoms with van der Waals surface area (Å²) in [4.78, 5) is 3.57. The van der Waals surface area contributed by atoms with Crippen molar-refractivity contribution in [3.8, 4) is 5.06 Å². The summed E-state index contributed by atoms with van der Waals surface area (Å²) < 4.78 is 6.30. The number of rotatable bonds is 5. The predicted octanol–water partition coefficient (Wildman–Crippen LogP) is 3.11. The van der Waals surface area contributed by atoms with E-state index >= 15 is 0 Å². The van der Waals surface area contributed by atoms with Crippen LogP contribution in [0.4, 0.5) is 0 Å². The fourth-order valence-electron chi connectivity index (χ4n) is 2.58. The standard InChI is InChI=1S/C13H20BrNO2S/c1-15(7-9-4-3-5-12(9)16)8-10-6-11(14)13(17-2)18-10/h6,9,12,16H,3-5,7-8H2,1-2H3. The van der Waals surface area contributed by atoms with Gasteiger partial charge in [-0.15, -0.1) is 11.3 Å². The highest BCUT2D eigenvalue weighted by molar-refractivity contribution is 9.10. The van der Waals surface area contributed by atoms with Crippen molar-refractivity contribution in [2.24, 2.45) is 5.92 Å². The third kappa shape index (κ3) is 3.47. The molecule has 1 heterocycles. The molecule has 0 spiro atoms. The van der Waals surface area contributed by atoms with Gasteiger partial charge in [0.15, 0.2) is 5.06 Å². The van der Waals surface area contributed by atoms with Gasteiger partial charge < -0.3 is 14.7 Å². The van der Waals surface area contributed by atoms with E-state index in [9.17, 15) is 5.11 Å². The third-order valence-corrected chi connectivity index (χ3v) is 5.42. The van der Waals surface area contributed by atoms with Gasteiger partial charge in [-0.3, -0.25) is 0 Å². The molecule has 2 atom stereocenters. The SMILES string of the molecule is COc1sc(CN(C)CC2CCCC2O)cc1Br. The molecular weight excluding hydrogens is 314 g/mol. The molecule has 0 aliphatic heterocycles. The van der Waals surface area contributed by atoms with Crippen molar-refractivity contribution in [2.75, 3.05) is 20.7 Å². The van der Waals surface area contributed by atoms with Crippen LogP contribution >= 0.6 is 27.3 Å². The Balaban J connectivity index is 1.88. The molecule has 5 heteroatoms. The smallest absolute Gasteiger partial charge is 0.188 e. The number of thiophene rings is 1. The van der Waals surface area contributed by atoms with Crippen LogP contribution in [0.2, 0.25) is 0 Å². The van der Waals surface area contributed by atoms with Gasteiger partial charge in [-0.1, -0.05) is 6.42 Å². The maximum Gasteiger partial charge on any atom is 0.188 e. The molecule has 18 heavy (non-hydrogen) atoms. The van der Waals surface area contributed by atoms with Gasteiger partial charge >= 0.3 is 0 Å². The number of nitrogens with zero attached hydrogens (tertiary/aromatic N) is 1. The van der Waals surface area contributed by atoms with E-state index in [0.29, 0.717) is 5.92 Å². The predicted molar refractivity (Wildman–Crippen MR) is 78.3 cm³/mol. The molecule has 1 aromatic rings. The lowest BCUT2D eigenvalue weighted by Gasteiger charge is -2.22. The number of hydrogen-bond acceptors (Lipinski definition) is 4. The Morgan fingerprint density at radius 3 is 2.89 bits per heavy atom.